The number of aryl methyl sites for hydroxylation is 2. The third-order valence-electron chi connectivity index (χ3n) is 3.01. The molecule has 2 aromatic heterocycles. The zero-order valence-electron chi connectivity index (χ0n) is 12.4. The third kappa shape index (κ3) is 5.09. The highest BCUT2D eigenvalue weighted by Crippen LogP contribution is 2.20. The van der Waals surface area contributed by atoms with E-state index in [2.05, 4.69) is 61.8 Å². The molecule has 4 nitrogen and oxygen atoms in total. The molecule has 0 saturated heterocycles. The number of aliphatic imine (C=N–C) groups is 1. The monoisotopic (exact) mass is 386 g/mol. The van der Waals surface area contributed by atoms with Crippen LogP contribution in [-0.4, -0.2) is 24.5 Å². The zero-order chi connectivity index (χ0) is 15.2. The number of hydrogen-bond acceptors (Lipinski definition) is 4. The number of halogens is 1. The predicted molar refractivity (Wildman–Crippen MR) is 95.5 cm³/mol. The van der Waals surface area contributed by atoms with Crippen LogP contribution in [0.5, 0.6) is 0 Å². The summed E-state index contributed by atoms with van der Waals surface area (Å²) < 4.78 is 1.15. The van der Waals surface area contributed by atoms with Crippen LogP contribution in [0, 0.1) is 13.8 Å². The van der Waals surface area contributed by atoms with Crippen molar-refractivity contribution in [3.05, 3.63) is 36.4 Å². The molecule has 2 aromatic rings. The highest BCUT2D eigenvalue weighted by Gasteiger charge is 2.04. The SMILES string of the molecule is CN=C(NCCc1nc(C)c(C)s1)NCc1csc(Br)c1. The quantitative estimate of drug-likeness (QED) is 0.610. The highest BCUT2D eigenvalue weighted by molar-refractivity contribution is 9.11. The molecule has 0 aliphatic rings. The summed E-state index contributed by atoms with van der Waals surface area (Å²) >= 11 is 6.93. The average Bonchev–Trinajstić information content (AvgIpc) is 3.00. The molecule has 0 amide bonds. The van der Waals surface area contributed by atoms with Gasteiger partial charge in [0.2, 0.25) is 0 Å². The van der Waals surface area contributed by atoms with Gasteiger partial charge in [-0.1, -0.05) is 0 Å². The van der Waals surface area contributed by atoms with E-state index in [4.69, 9.17) is 0 Å². The van der Waals surface area contributed by atoms with Crippen LogP contribution in [0.25, 0.3) is 0 Å². The molecular formula is C14H19BrN4S2. The maximum absolute atomic E-state index is 4.54. The Morgan fingerprint density at radius 1 is 1.38 bits per heavy atom. The van der Waals surface area contributed by atoms with Gasteiger partial charge < -0.3 is 10.6 Å². The van der Waals surface area contributed by atoms with E-state index in [1.165, 1.54) is 15.4 Å². The van der Waals surface area contributed by atoms with E-state index >= 15 is 0 Å². The summed E-state index contributed by atoms with van der Waals surface area (Å²) in [6.45, 7) is 5.78. The van der Waals surface area contributed by atoms with Crippen molar-refractivity contribution >= 4 is 44.6 Å². The van der Waals surface area contributed by atoms with Gasteiger partial charge in [-0.3, -0.25) is 4.99 Å². The predicted octanol–water partition coefficient (Wildman–Crippen LogP) is 3.49. The summed E-state index contributed by atoms with van der Waals surface area (Å²) in [6, 6.07) is 2.12. The molecular weight excluding hydrogens is 368 g/mol. The van der Waals surface area contributed by atoms with Gasteiger partial charge in [-0.25, -0.2) is 4.98 Å². The number of rotatable bonds is 5. The van der Waals surface area contributed by atoms with Gasteiger partial charge in [-0.15, -0.1) is 22.7 Å². The van der Waals surface area contributed by atoms with E-state index in [0.717, 1.165) is 35.0 Å². The molecule has 2 N–H and O–H groups in total. The summed E-state index contributed by atoms with van der Waals surface area (Å²) in [7, 11) is 1.79. The number of guanidine groups is 1. The molecule has 0 atom stereocenters. The van der Waals surface area contributed by atoms with Crippen LogP contribution in [0.3, 0.4) is 0 Å². The summed E-state index contributed by atoms with van der Waals surface area (Å²) in [5.41, 5.74) is 2.39. The minimum absolute atomic E-state index is 0.775. The molecule has 2 heterocycles. The van der Waals surface area contributed by atoms with Crippen molar-refractivity contribution in [2.75, 3.05) is 13.6 Å². The van der Waals surface area contributed by atoms with Gasteiger partial charge in [0.15, 0.2) is 5.96 Å². The minimum atomic E-state index is 0.775. The Morgan fingerprint density at radius 2 is 2.19 bits per heavy atom. The third-order valence-corrected chi connectivity index (χ3v) is 5.70. The molecule has 0 aliphatic carbocycles. The zero-order valence-corrected chi connectivity index (χ0v) is 15.6. The van der Waals surface area contributed by atoms with Gasteiger partial charge in [0.05, 0.1) is 14.5 Å². The van der Waals surface area contributed by atoms with Crippen LogP contribution in [0.1, 0.15) is 21.1 Å². The smallest absolute Gasteiger partial charge is 0.191 e. The first-order chi connectivity index (χ1) is 10.1. The Bertz CT molecular complexity index is 599. The van der Waals surface area contributed by atoms with Gasteiger partial charge in [-0.2, -0.15) is 0 Å². The lowest BCUT2D eigenvalue weighted by molar-refractivity contribution is 0.792. The van der Waals surface area contributed by atoms with Crippen molar-refractivity contribution in [3.8, 4) is 0 Å². The lowest BCUT2D eigenvalue weighted by Gasteiger charge is -2.10. The first-order valence-corrected chi connectivity index (χ1v) is 9.17. The fraction of sp³-hybridized carbons (Fsp3) is 0.429. The molecule has 114 valence electrons. The molecule has 21 heavy (non-hydrogen) atoms. The van der Waals surface area contributed by atoms with Gasteiger partial charge in [0.25, 0.3) is 0 Å². The Morgan fingerprint density at radius 3 is 2.76 bits per heavy atom. The molecule has 0 spiro atoms. The van der Waals surface area contributed by atoms with Crippen LogP contribution >= 0.6 is 38.6 Å². The Hall–Kier alpha value is -0.920. The Labute approximate surface area is 141 Å². The van der Waals surface area contributed by atoms with Crippen molar-refractivity contribution in [1.29, 1.82) is 0 Å². The fourth-order valence-corrected chi connectivity index (χ4v) is 3.92. The first kappa shape index (κ1) is 16.5. The van der Waals surface area contributed by atoms with E-state index in [9.17, 15) is 0 Å². The Balaban J connectivity index is 1.75. The summed E-state index contributed by atoms with van der Waals surface area (Å²) in [6.07, 6.45) is 0.921. The summed E-state index contributed by atoms with van der Waals surface area (Å²) in [5, 5.41) is 9.94. The van der Waals surface area contributed by atoms with Crippen molar-refractivity contribution in [1.82, 2.24) is 15.6 Å². The van der Waals surface area contributed by atoms with Crippen molar-refractivity contribution in [3.63, 3.8) is 0 Å². The number of nitrogens with zero attached hydrogens (tertiary/aromatic N) is 2. The van der Waals surface area contributed by atoms with Gasteiger partial charge >= 0.3 is 0 Å². The normalized spacial score (nSPS) is 11.7. The van der Waals surface area contributed by atoms with Crippen LogP contribution in [-0.2, 0) is 13.0 Å². The minimum Gasteiger partial charge on any atom is -0.356 e. The summed E-state index contributed by atoms with van der Waals surface area (Å²) in [5.74, 6) is 0.822. The van der Waals surface area contributed by atoms with Crippen LogP contribution in [0.4, 0.5) is 0 Å². The van der Waals surface area contributed by atoms with E-state index in [1.807, 2.05) is 0 Å². The number of nitrogens with one attached hydrogen (secondary N) is 2. The maximum atomic E-state index is 4.54. The number of aromatic nitrogens is 1. The lowest BCUT2D eigenvalue weighted by Crippen LogP contribution is -2.37. The molecule has 0 radical (unpaired) electrons. The van der Waals surface area contributed by atoms with E-state index in [0.29, 0.717) is 0 Å². The fourth-order valence-electron chi connectivity index (χ4n) is 1.78. The number of thiazole rings is 1. The molecule has 0 aromatic carbocycles. The van der Waals surface area contributed by atoms with Gasteiger partial charge in [0.1, 0.15) is 0 Å². The van der Waals surface area contributed by atoms with Crippen LogP contribution in [0.2, 0.25) is 0 Å². The average molecular weight is 387 g/mol. The Kier molecular flexibility index (Phi) is 6.20. The van der Waals surface area contributed by atoms with E-state index in [1.54, 1.807) is 29.7 Å². The van der Waals surface area contributed by atoms with Crippen LogP contribution in [0.15, 0.2) is 20.2 Å². The summed E-state index contributed by atoms with van der Waals surface area (Å²) in [4.78, 5) is 10.1. The molecule has 0 saturated carbocycles. The first-order valence-electron chi connectivity index (χ1n) is 6.69. The van der Waals surface area contributed by atoms with Crippen molar-refractivity contribution in [2.24, 2.45) is 4.99 Å². The number of thiophene rings is 1. The maximum Gasteiger partial charge on any atom is 0.191 e. The second-order valence-electron chi connectivity index (χ2n) is 4.61. The molecule has 0 unspecified atom stereocenters. The molecule has 0 aliphatic heterocycles. The number of hydrogen-bond donors (Lipinski definition) is 2. The van der Waals surface area contributed by atoms with E-state index < -0.39 is 0 Å². The van der Waals surface area contributed by atoms with Gasteiger partial charge in [0, 0.05) is 31.4 Å². The van der Waals surface area contributed by atoms with Crippen molar-refractivity contribution < 1.29 is 0 Å². The second kappa shape index (κ2) is 7.91. The molecule has 7 heteroatoms. The van der Waals surface area contributed by atoms with Crippen LogP contribution < -0.4 is 10.6 Å². The lowest BCUT2D eigenvalue weighted by atomic mass is 10.3. The molecule has 0 bridgehead atoms. The molecule has 2 rings (SSSR count). The van der Waals surface area contributed by atoms with E-state index in [-0.39, 0.29) is 0 Å². The largest absolute Gasteiger partial charge is 0.356 e. The second-order valence-corrected chi connectivity index (χ2v) is 8.19. The standard InChI is InChI=1S/C14H19BrN4S2/c1-9-10(2)21-13(19-9)4-5-17-14(16-3)18-7-11-6-12(15)20-8-11/h6,8H,4-5,7H2,1-3H3,(H2,16,17,18). The topological polar surface area (TPSA) is 49.3 Å². The molecule has 0 fully saturated rings. The van der Waals surface area contributed by atoms with Gasteiger partial charge in [-0.05, 0) is 46.8 Å². The van der Waals surface area contributed by atoms with Crippen molar-refractivity contribution in [2.45, 2.75) is 26.8 Å². The highest BCUT2D eigenvalue weighted by atomic mass is 79.9.